The van der Waals surface area contributed by atoms with Crippen molar-refractivity contribution >= 4 is 56.1 Å². The fourth-order valence-electron chi connectivity index (χ4n) is 2.44. The third-order valence-corrected chi connectivity index (χ3v) is 5.79. The molecular formula is C16H12N2O7S3. The molecule has 2 aromatic rings. The second-order valence-electron chi connectivity index (χ2n) is 5.60. The minimum Gasteiger partial charge on any atom is -0.456 e. The van der Waals surface area contributed by atoms with Gasteiger partial charge >= 0.3 is 0 Å². The molecule has 146 valence electrons. The number of carbonyl (C=O) groups excluding carboxylic acids is 1. The minimum absolute atomic E-state index is 0.111. The maximum atomic E-state index is 12.4. The molecule has 28 heavy (non-hydrogen) atoms. The number of carbonyl (C=O) groups is 1. The maximum Gasteiger partial charge on any atom is 0.280 e. The van der Waals surface area contributed by atoms with E-state index in [1.165, 1.54) is 12.1 Å². The summed E-state index contributed by atoms with van der Waals surface area (Å²) in [6.07, 6.45) is 1.42. The molecule has 0 spiro atoms. The van der Waals surface area contributed by atoms with Gasteiger partial charge in [0.25, 0.3) is 21.7 Å². The lowest BCUT2D eigenvalue weighted by Gasteiger charge is -2.12. The monoisotopic (exact) mass is 440 g/mol. The highest BCUT2D eigenvalue weighted by atomic mass is 32.2. The fraction of sp³-hybridized carbons (Fsp3) is 0.125. The number of thioether (sulfide) groups is 1. The van der Waals surface area contributed by atoms with E-state index in [2.05, 4.69) is 0 Å². The second kappa shape index (κ2) is 7.83. The molecular weight excluding hydrogens is 428 g/mol. The van der Waals surface area contributed by atoms with Crippen LogP contribution in [0.15, 0.2) is 45.7 Å². The van der Waals surface area contributed by atoms with Gasteiger partial charge < -0.3 is 4.42 Å². The molecule has 1 aromatic heterocycles. The number of thiocarbonyl (C=S) groups is 1. The van der Waals surface area contributed by atoms with E-state index in [9.17, 15) is 23.3 Å². The topological polar surface area (TPSA) is 131 Å². The lowest BCUT2D eigenvalue weighted by molar-refractivity contribution is -0.384. The Morgan fingerprint density at radius 2 is 2.00 bits per heavy atom. The van der Waals surface area contributed by atoms with Crippen LogP contribution in [0.3, 0.4) is 0 Å². The maximum absolute atomic E-state index is 12.4. The quantitative estimate of drug-likeness (QED) is 0.237. The normalized spacial score (nSPS) is 16.2. The summed E-state index contributed by atoms with van der Waals surface area (Å²) in [5.41, 5.74) is 0.188. The summed E-state index contributed by atoms with van der Waals surface area (Å²) in [6.45, 7) is -0.263. The molecule has 3 rings (SSSR count). The first-order chi connectivity index (χ1) is 13.2. The number of rotatable bonds is 6. The third-order valence-electron chi connectivity index (χ3n) is 3.71. The number of hydrogen-bond donors (Lipinski definition) is 1. The van der Waals surface area contributed by atoms with Crippen molar-refractivity contribution in [2.24, 2.45) is 0 Å². The van der Waals surface area contributed by atoms with Crippen LogP contribution in [0.4, 0.5) is 5.69 Å². The van der Waals surface area contributed by atoms with Crippen molar-refractivity contribution in [2.75, 3.05) is 12.3 Å². The zero-order chi connectivity index (χ0) is 20.5. The number of nitro benzene ring substituents is 1. The van der Waals surface area contributed by atoms with Gasteiger partial charge in [-0.05, 0) is 18.2 Å². The molecule has 1 fully saturated rings. The first-order valence-corrected chi connectivity index (χ1v) is 10.5. The van der Waals surface area contributed by atoms with Gasteiger partial charge in [-0.2, -0.15) is 8.42 Å². The van der Waals surface area contributed by atoms with Crippen molar-refractivity contribution in [1.82, 2.24) is 4.90 Å². The molecule has 0 aliphatic carbocycles. The summed E-state index contributed by atoms with van der Waals surface area (Å²) >= 11 is 6.04. The van der Waals surface area contributed by atoms with Crippen LogP contribution in [0.5, 0.6) is 0 Å². The standard InChI is InChI=1S/C16H12N2O7S3/c19-15-14(27-16(26)17(15)7-8-28(22,23)24)9-10-5-6-13(25-10)11-3-1-2-4-12(11)18(20)21/h1-6,9H,7-8H2,(H,22,23,24)/b14-9+. The van der Waals surface area contributed by atoms with Crippen LogP contribution < -0.4 is 0 Å². The largest absolute Gasteiger partial charge is 0.456 e. The average Bonchev–Trinajstić information content (AvgIpc) is 3.18. The Morgan fingerprint density at radius 1 is 1.29 bits per heavy atom. The predicted octanol–water partition coefficient (Wildman–Crippen LogP) is 2.94. The van der Waals surface area contributed by atoms with Gasteiger partial charge in [0.1, 0.15) is 15.8 Å². The molecule has 1 aliphatic rings. The molecule has 1 aromatic carbocycles. The Labute approximate surface area is 168 Å². The van der Waals surface area contributed by atoms with Crippen molar-refractivity contribution in [2.45, 2.75) is 0 Å². The molecule has 0 unspecified atom stereocenters. The molecule has 2 heterocycles. The predicted molar refractivity (Wildman–Crippen MR) is 107 cm³/mol. The van der Waals surface area contributed by atoms with Crippen LogP contribution in [-0.2, 0) is 14.9 Å². The van der Waals surface area contributed by atoms with E-state index in [0.29, 0.717) is 5.56 Å². The van der Waals surface area contributed by atoms with Crippen LogP contribution in [-0.4, -0.2) is 45.3 Å². The summed E-state index contributed by atoms with van der Waals surface area (Å²) in [5, 5.41) is 11.2. The van der Waals surface area contributed by atoms with Gasteiger partial charge in [-0.15, -0.1) is 0 Å². The summed E-state index contributed by atoms with van der Waals surface area (Å²) < 4.78 is 36.4. The summed E-state index contributed by atoms with van der Waals surface area (Å²) in [7, 11) is -4.23. The molecule has 0 atom stereocenters. The summed E-state index contributed by atoms with van der Waals surface area (Å²) in [5.74, 6) is -0.596. The van der Waals surface area contributed by atoms with Gasteiger partial charge in [-0.1, -0.05) is 36.1 Å². The molecule has 12 heteroatoms. The zero-order valence-electron chi connectivity index (χ0n) is 14.0. The van der Waals surface area contributed by atoms with Crippen LogP contribution in [0.25, 0.3) is 17.4 Å². The van der Waals surface area contributed by atoms with E-state index in [-0.39, 0.29) is 33.0 Å². The highest BCUT2D eigenvalue weighted by Crippen LogP contribution is 2.35. The van der Waals surface area contributed by atoms with E-state index >= 15 is 0 Å². The van der Waals surface area contributed by atoms with Crippen molar-refractivity contribution in [1.29, 1.82) is 0 Å². The van der Waals surface area contributed by atoms with Crippen molar-refractivity contribution in [3.05, 3.63) is 57.2 Å². The van der Waals surface area contributed by atoms with Crippen LogP contribution >= 0.6 is 24.0 Å². The highest BCUT2D eigenvalue weighted by Gasteiger charge is 2.33. The van der Waals surface area contributed by atoms with Crippen molar-refractivity contribution in [3.63, 3.8) is 0 Å². The van der Waals surface area contributed by atoms with Crippen molar-refractivity contribution < 1.29 is 27.1 Å². The van der Waals surface area contributed by atoms with E-state index in [1.54, 1.807) is 30.3 Å². The Hall–Kier alpha value is -2.54. The number of para-hydroxylation sites is 1. The summed E-state index contributed by atoms with van der Waals surface area (Å²) in [4.78, 5) is 24.3. The third kappa shape index (κ3) is 4.47. The van der Waals surface area contributed by atoms with Gasteiger partial charge in [0.05, 0.1) is 21.1 Å². The van der Waals surface area contributed by atoms with Gasteiger partial charge in [-0.25, -0.2) is 0 Å². The molecule has 9 nitrogen and oxygen atoms in total. The molecule has 0 saturated carbocycles. The molecule has 1 N–H and O–H groups in total. The fourth-order valence-corrected chi connectivity index (χ4v) is 4.15. The first kappa shape index (κ1) is 20.2. The van der Waals surface area contributed by atoms with Gasteiger partial charge in [0.15, 0.2) is 0 Å². The van der Waals surface area contributed by atoms with E-state index in [4.69, 9.17) is 21.2 Å². The highest BCUT2D eigenvalue weighted by molar-refractivity contribution is 8.26. The Morgan fingerprint density at radius 3 is 2.68 bits per heavy atom. The number of amides is 1. The molecule has 1 amide bonds. The number of nitro groups is 1. The number of benzene rings is 1. The summed E-state index contributed by atoms with van der Waals surface area (Å²) in [6, 6.07) is 9.20. The number of nitrogens with zero attached hydrogens (tertiary/aromatic N) is 2. The smallest absolute Gasteiger partial charge is 0.280 e. The van der Waals surface area contributed by atoms with E-state index in [0.717, 1.165) is 16.7 Å². The van der Waals surface area contributed by atoms with Gasteiger partial charge in [0, 0.05) is 18.7 Å². The van der Waals surface area contributed by atoms with E-state index in [1.807, 2.05) is 0 Å². The van der Waals surface area contributed by atoms with Crippen LogP contribution in [0, 0.1) is 10.1 Å². The lowest BCUT2D eigenvalue weighted by atomic mass is 10.1. The molecule has 1 saturated heterocycles. The molecule has 0 bridgehead atoms. The van der Waals surface area contributed by atoms with Gasteiger partial charge in [0.2, 0.25) is 0 Å². The Kier molecular flexibility index (Phi) is 5.65. The SMILES string of the molecule is O=C1/C(=C\c2ccc(-c3ccccc3[N+](=O)[O-])o2)SC(=S)N1CCS(=O)(=O)O. The number of furan rings is 1. The van der Waals surface area contributed by atoms with Crippen LogP contribution in [0.1, 0.15) is 5.76 Å². The Bertz CT molecular complexity index is 1100. The van der Waals surface area contributed by atoms with E-state index < -0.39 is 26.7 Å². The van der Waals surface area contributed by atoms with Crippen LogP contribution in [0.2, 0.25) is 0 Å². The first-order valence-electron chi connectivity index (χ1n) is 7.70. The van der Waals surface area contributed by atoms with Gasteiger partial charge in [-0.3, -0.25) is 24.4 Å². The zero-order valence-corrected chi connectivity index (χ0v) is 16.4. The molecule has 1 aliphatic heterocycles. The second-order valence-corrected chi connectivity index (χ2v) is 8.84. The Balaban J connectivity index is 1.83. The van der Waals surface area contributed by atoms with Crippen molar-refractivity contribution in [3.8, 4) is 11.3 Å². The molecule has 0 radical (unpaired) electrons. The minimum atomic E-state index is -4.23. The lowest BCUT2D eigenvalue weighted by Crippen LogP contribution is -2.32. The average molecular weight is 440 g/mol. The number of hydrogen-bond acceptors (Lipinski definition) is 8.